The molecule has 0 unspecified atom stereocenters. The molecule has 2 heterocycles. The van der Waals surface area contributed by atoms with Crippen LogP contribution in [0.15, 0.2) is 52.0 Å². The summed E-state index contributed by atoms with van der Waals surface area (Å²) in [5.41, 5.74) is 0. The molecule has 0 aliphatic carbocycles. The van der Waals surface area contributed by atoms with Gasteiger partial charge in [0.05, 0.1) is 16.5 Å². The molecule has 23 heavy (non-hydrogen) atoms. The van der Waals surface area contributed by atoms with Gasteiger partial charge in [-0.15, -0.1) is 0 Å². The Morgan fingerprint density at radius 2 is 1.78 bits per heavy atom. The second-order valence-corrected chi connectivity index (χ2v) is 9.86. The molecule has 1 aromatic heterocycles. The van der Waals surface area contributed by atoms with Crippen LogP contribution >= 0.6 is 11.6 Å². The summed E-state index contributed by atoms with van der Waals surface area (Å²) in [6.45, 7) is -0.146. The van der Waals surface area contributed by atoms with Gasteiger partial charge < -0.3 is 4.42 Å². The van der Waals surface area contributed by atoms with Gasteiger partial charge in [-0.1, -0.05) is 23.7 Å². The van der Waals surface area contributed by atoms with Crippen molar-refractivity contribution in [3.63, 3.8) is 0 Å². The second-order valence-electron chi connectivity index (χ2n) is 5.26. The molecule has 1 aromatic carbocycles. The van der Waals surface area contributed by atoms with Gasteiger partial charge in [0.15, 0.2) is 9.84 Å². The largest absolute Gasteiger partial charge is 0.468 e. The summed E-state index contributed by atoms with van der Waals surface area (Å²) in [7, 11) is -7.24. The van der Waals surface area contributed by atoms with Gasteiger partial charge in [-0.05, 0) is 24.3 Å². The predicted octanol–water partition coefficient (Wildman–Crippen LogP) is 1.92. The standard InChI is InChI=1S/C14H14ClNO5S2/c15-13-5-1-2-6-14(13)23(19,20)16-8-12(9-16)22(17,18)10-11-4-3-7-21-11/h1-7,12H,8-10H2. The fourth-order valence-electron chi connectivity index (χ4n) is 2.33. The van der Waals surface area contributed by atoms with E-state index in [9.17, 15) is 16.8 Å². The van der Waals surface area contributed by atoms with E-state index in [0.717, 1.165) is 4.31 Å². The van der Waals surface area contributed by atoms with E-state index in [-0.39, 0.29) is 28.8 Å². The van der Waals surface area contributed by atoms with Crippen LogP contribution < -0.4 is 0 Å². The van der Waals surface area contributed by atoms with E-state index in [4.69, 9.17) is 16.0 Å². The number of sulfonamides is 1. The molecular formula is C14H14ClNO5S2. The molecule has 2 aromatic rings. The fourth-order valence-corrected chi connectivity index (χ4v) is 6.15. The minimum atomic E-state index is -3.77. The van der Waals surface area contributed by atoms with Gasteiger partial charge in [0.1, 0.15) is 16.4 Å². The third kappa shape index (κ3) is 3.16. The van der Waals surface area contributed by atoms with Crippen LogP contribution in [0.3, 0.4) is 0 Å². The van der Waals surface area contributed by atoms with Gasteiger partial charge in [-0.25, -0.2) is 16.8 Å². The highest BCUT2D eigenvalue weighted by atomic mass is 35.5. The molecule has 1 aliphatic rings. The van der Waals surface area contributed by atoms with Gasteiger partial charge in [0, 0.05) is 13.1 Å². The molecule has 1 saturated heterocycles. The van der Waals surface area contributed by atoms with Crippen LogP contribution in [-0.4, -0.2) is 39.5 Å². The first-order valence-corrected chi connectivity index (χ1v) is 10.3. The highest BCUT2D eigenvalue weighted by molar-refractivity contribution is 7.92. The molecule has 0 bridgehead atoms. The first-order valence-electron chi connectivity index (χ1n) is 6.79. The van der Waals surface area contributed by atoms with Crippen LogP contribution in [0, 0.1) is 0 Å². The molecule has 0 radical (unpaired) electrons. The fraction of sp³-hybridized carbons (Fsp3) is 0.286. The summed E-state index contributed by atoms with van der Waals surface area (Å²) in [5, 5.41) is -0.612. The molecule has 9 heteroatoms. The lowest BCUT2D eigenvalue weighted by Gasteiger charge is -2.37. The maximum absolute atomic E-state index is 12.5. The van der Waals surface area contributed by atoms with Crippen molar-refractivity contribution in [2.45, 2.75) is 15.9 Å². The molecule has 0 spiro atoms. The Labute approximate surface area is 139 Å². The second kappa shape index (κ2) is 5.94. The summed E-state index contributed by atoms with van der Waals surface area (Å²) in [5.74, 6) is 0.113. The molecule has 1 aliphatic heterocycles. The zero-order chi connectivity index (χ0) is 16.7. The van der Waals surface area contributed by atoms with E-state index < -0.39 is 25.1 Å². The summed E-state index contributed by atoms with van der Waals surface area (Å²) in [6.07, 6.45) is 1.40. The van der Waals surface area contributed by atoms with Gasteiger partial charge in [0.2, 0.25) is 10.0 Å². The average Bonchev–Trinajstić information content (AvgIpc) is 2.88. The number of benzene rings is 1. The Balaban J connectivity index is 1.72. The van der Waals surface area contributed by atoms with Crippen molar-refractivity contribution in [2.75, 3.05) is 13.1 Å². The number of hydrogen-bond acceptors (Lipinski definition) is 5. The van der Waals surface area contributed by atoms with Crippen LogP contribution in [0.2, 0.25) is 5.02 Å². The van der Waals surface area contributed by atoms with Crippen molar-refractivity contribution in [1.29, 1.82) is 0 Å². The maximum Gasteiger partial charge on any atom is 0.244 e. The number of halogens is 1. The molecule has 1 fully saturated rings. The topological polar surface area (TPSA) is 84.7 Å². The number of rotatable bonds is 5. The predicted molar refractivity (Wildman–Crippen MR) is 85.3 cm³/mol. The zero-order valence-electron chi connectivity index (χ0n) is 11.9. The first-order chi connectivity index (χ1) is 10.8. The maximum atomic E-state index is 12.5. The summed E-state index contributed by atoms with van der Waals surface area (Å²) in [4.78, 5) is -0.0106. The number of hydrogen-bond donors (Lipinski definition) is 0. The van der Waals surface area contributed by atoms with Gasteiger partial charge in [-0.3, -0.25) is 0 Å². The van der Waals surface area contributed by atoms with Crippen molar-refractivity contribution < 1.29 is 21.3 Å². The molecule has 3 rings (SSSR count). The smallest absolute Gasteiger partial charge is 0.244 e. The molecule has 0 atom stereocenters. The van der Waals surface area contributed by atoms with E-state index in [1.165, 1.54) is 18.4 Å². The van der Waals surface area contributed by atoms with E-state index >= 15 is 0 Å². The quantitative estimate of drug-likeness (QED) is 0.797. The van der Waals surface area contributed by atoms with Crippen molar-refractivity contribution in [3.05, 3.63) is 53.4 Å². The van der Waals surface area contributed by atoms with E-state index in [1.807, 2.05) is 0 Å². The summed E-state index contributed by atoms with van der Waals surface area (Å²) >= 11 is 5.92. The summed E-state index contributed by atoms with van der Waals surface area (Å²) < 4.78 is 55.6. The molecule has 6 nitrogen and oxygen atoms in total. The normalized spacial score (nSPS) is 17.1. The van der Waals surface area contributed by atoms with Crippen molar-refractivity contribution in [1.82, 2.24) is 4.31 Å². The Morgan fingerprint density at radius 3 is 2.39 bits per heavy atom. The third-order valence-corrected chi connectivity index (χ3v) is 8.03. The monoisotopic (exact) mass is 375 g/mol. The van der Waals surface area contributed by atoms with Crippen molar-refractivity contribution in [2.24, 2.45) is 0 Å². The molecule has 0 saturated carbocycles. The van der Waals surface area contributed by atoms with Gasteiger partial charge in [0.25, 0.3) is 0 Å². The lowest BCUT2D eigenvalue weighted by Crippen LogP contribution is -2.56. The number of sulfone groups is 1. The highest BCUT2D eigenvalue weighted by Crippen LogP contribution is 2.30. The Bertz CT molecular complexity index is 900. The van der Waals surface area contributed by atoms with E-state index in [1.54, 1.807) is 24.3 Å². The molecular weight excluding hydrogens is 362 g/mol. The molecule has 0 amide bonds. The average molecular weight is 376 g/mol. The summed E-state index contributed by atoms with van der Waals surface area (Å²) in [6, 6.07) is 9.29. The van der Waals surface area contributed by atoms with Crippen LogP contribution in [0.1, 0.15) is 5.76 Å². The van der Waals surface area contributed by atoms with Crippen LogP contribution in [0.4, 0.5) is 0 Å². The SMILES string of the molecule is O=S(=O)(Cc1ccco1)C1CN(S(=O)(=O)c2ccccc2Cl)C1. The third-order valence-electron chi connectivity index (χ3n) is 3.70. The van der Waals surface area contributed by atoms with E-state index in [0.29, 0.717) is 5.76 Å². The first kappa shape index (κ1) is 16.5. The zero-order valence-corrected chi connectivity index (χ0v) is 14.3. The Kier molecular flexibility index (Phi) is 4.26. The number of furan rings is 1. The van der Waals surface area contributed by atoms with Crippen molar-refractivity contribution >= 4 is 31.5 Å². The van der Waals surface area contributed by atoms with E-state index in [2.05, 4.69) is 0 Å². The lowest BCUT2D eigenvalue weighted by molar-refractivity contribution is 0.309. The Hall–Kier alpha value is -1.35. The minimum Gasteiger partial charge on any atom is -0.468 e. The van der Waals surface area contributed by atoms with Gasteiger partial charge >= 0.3 is 0 Å². The highest BCUT2D eigenvalue weighted by Gasteiger charge is 2.44. The van der Waals surface area contributed by atoms with Crippen LogP contribution in [0.5, 0.6) is 0 Å². The van der Waals surface area contributed by atoms with Gasteiger partial charge in [-0.2, -0.15) is 4.31 Å². The molecule has 124 valence electrons. The molecule has 0 N–H and O–H groups in total. The van der Waals surface area contributed by atoms with Crippen molar-refractivity contribution in [3.8, 4) is 0 Å². The van der Waals surface area contributed by atoms with Crippen LogP contribution in [-0.2, 0) is 25.6 Å². The number of nitrogens with zero attached hydrogens (tertiary/aromatic N) is 1. The lowest BCUT2D eigenvalue weighted by atomic mass is 10.3. The Morgan fingerprint density at radius 1 is 1.09 bits per heavy atom. The van der Waals surface area contributed by atoms with Crippen LogP contribution in [0.25, 0.3) is 0 Å². The minimum absolute atomic E-state index is 0.0106.